The molecule has 3 aromatic carbocycles. The number of unbranched alkanes of at least 4 members (excludes halogenated alkanes) is 1. The van der Waals surface area contributed by atoms with Crippen LogP contribution in [0, 0.1) is 30.2 Å². The fourth-order valence-corrected chi connectivity index (χ4v) is 12.0. The van der Waals surface area contributed by atoms with Crippen LogP contribution in [0.4, 0.5) is 29.5 Å². The Balaban J connectivity index is 0.711. The number of amides is 5. The fourth-order valence-electron chi connectivity index (χ4n) is 11.4. The predicted octanol–water partition coefficient (Wildman–Crippen LogP) is 4.38. The highest BCUT2D eigenvalue weighted by Gasteiger charge is 2.35. The number of carbonyl (C=O) groups excluding carboxylic acids is 6. The van der Waals surface area contributed by atoms with Crippen LogP contribution in [-0.2, 0) is 91.5 Å². The van der Waals surface area contributed by atoms with Gasteiger partial charge < -0.3 is 92.8 Å². The third-order valence-corrected chi connectivity index (χ3v) is 17.6. The van der Waals surface area contributed by atoms with Crippen LogP contribution in [0.25, 0.3) is 22.1 Å². The number of aryl methyl sites for hydroxylation is 4. The van der Waals surface area contributed by atoms with E-state index >= 15 is 0 Å². The number of piperazine rings is 1. The number of hydrogen-bond acceptors (Lipinski definition) is 27. The summed E-state index contributed by atoms with van der Waals surface area (Å²) >= 11 is 0. The highest BCUT2D eigenvalue weighted by molar-refractivity contribution is 7.85. The molecule has 0 bridgehead atoms. The Bertz CT molecular complexity index is 4290. The molecule has 9 N–H and O–H groups in total. The summed E-state index contributed by atoms with van der Waals surface area (Å²) in [5, 5.41) is 10.3. The van der Waals surface area contributed by atoms with E-state index in [9.17, 15) is 54.7 Å². The van der Waals surface area contributed by atoms with Crippen molar-refractivity contribution < 1.29 is 121 Å². The standard InChI is InChI=1S/C72H100F4N14O22S/c1-6-80-53(41-47(3)77)69(95)83-71-82-52-44-50(68(79)94)46-56(64(52)89(71)15-9-8-14-88-63-51(43-49(67(78)93)45-55(63)100-5)81-72(88)84-70(96)54-42-48(4)85-90(54)7-2)111-20-10-13-86-16-18-87(19-17-86)57(91)11-21-101-23-25-103-27-29-105-31-33-107-35-37-109-39-40-110-38-36-108-34-32-106-30-28-104-26-24-102-22-12-58(92)112-65-59(73)61(75)66(113(97,98)99)62(76)60(65)74/h41-46H,6-40,77H2,1-5H3,(H2,78,93)(H2,79,94)(H,81,84,96)(H,82,83,95)(H,97,98,99). The molecule has 1 aliphatic rings. The van der Waals surface area contributed by atoms with Gasteiger partial charge in [-0.2, -0.15) is 22.3 Å². The lowest BCUT2D eigenvalue weighted by Crippen LogP contribution is -2.49. The molecular formula is C72H100F4N14O22S. The highest BCUT2D eigenvalue weighted by Crippen LogP contribution is 2.36. The summed E-state index contributed by atoms with van der Waals surface area (Å²) in [6.07, 6.45) is 2.59. The second kappa shape index (κ2) is 47.3. The zero-order valence-corrected chi connectivity index (χ0v) is 64.7. The monoisotopic (exact) mass is 1620 g/mol. The van der Waals surface area contributed by atoms with E-state index in [1.165, 1.54) is 31.4 Å². The number of nitrogens with zero attached hydrogens (tertiary/aromatic N) is 9. The normalized spacial score (nSPS) is 13.0. The van der Waals surface area contributed by atoms with Crippen LogP contribution in [0.2, 0.25) is 0 Å². The number of aliphatic imine (C=N–C) groups is 1. The third-order valence-electron chi connectivity index (χ3n) is 16.7. The van der Waals surface area contributed by atoms with Crippen molar-refractivity contribution in [3.05, 3.63) is 87.9 Å². The molecular weight excluding hydrogens is 1520 g/mol. The van der Waals surface area contributed by atoms with Gasteiger partial charge in [0.25, 0.3) is 11.8 Å². The van der Waals surface area contributed by atoms with E-state index in [4.69, 9.17) is 88.6 Å². The number of nitrogens with one attached hydrogen (secondary N) is 2. The van der Waals surface area contributed by atoms with E-state index < -0.39 is 80.1 Å². The minimum Gasteiger partial charge on any atom is -0.494 e. The number of carbonyl (C=O) groups is 6. The number of methoxy groups -OCH3 is 1. The molecule has 0 atom stereocenters. The molecule has 7 rings (SSSR count). The first-order valence-corrected chi connectivity index (χ1v) is 38.1. The van der Waals surface area contributed by atoms with Gasteiger partial charge in [-0.1, -0.05) is 0 Å². The molecule has 624 valence electrons. The molecule has 36 nitrogen and oxygen atoms in total. The van der Waals surface area contributed by atoms with Crippen LogP contribution in [0.1, 0.15) is 89.8 Å². The summed E-state index contributed by atoms with van der Waals surface area (Å²) in [6, 6.07) is 7.82. The average Bonchev–Trinajstić information content (AvgIpc) is 1.74. The van der Waals surface area contributed by atoms with Crippen molar-refractivity contribution in [2.24, 2.45) is 22.2 Å². The molecule has 0 spiro atoms. The van der Waals surface area contributed by atoms with Gasteiger partial charge in [0, 0.05) is 75.7 Å². The molecule has 1 fully saturated rings. The Hall–Kier alpha value is -9.37. The number of esters is 1. The molecule has 0 aliphatic carbocycles. The lowest BCUT2D eigenvalue weighted by molar-refractivity contribution is -0.136. The number of allylic oxidation sites excluding steroid dienone is 1. The number of anilines is 2. The van der Waals surface area contributed by atoms with Crippen LogP contribution in [0.3, 0.4) is 0 Å². The molecule has 113 heavy (non-hydrogen) atoms. The van der Waals surface area contributed by atoms with Crippen molar-refractivity contribution in [2.75, 3.05) is 196 Å². The number of halogens is 4. The second-order valence-corrected chi connectivity index (χ2v) is 26.4. The molecule has 41 heteroatoms. The number of imidazole rings is 2. The Labute approximate surface area is 649 Å². The summed E-state index contributed by atoms with van der Waals surface area (Å²) in [5.41, 5.74) is 21.0. The van der Waals surface area contributed by atoms with Gasteiger partial charge in [0.2, 0.25) is 47.0 Å². The molecule has 3 aromatic heterocycles. The largest absolute Gasteiger partial charge is 0.494 e. The SMILES string of the molecule is CCN=C(C=C(C)N)C(=O)Nc1nc2cc(C(N)=O)cc(OCCCN3CCN(C(=O)CCOCCOCCOCCOCCOCCOCCOCCOCCOCCOCCC(=O)Oc4c(F)c(F)c(S(=O)(=O)O)c(F)c4F)CC3)c2n1CCCCn1c(NC(=O)c2cc(C)nn2CC)nc2cc(C(N)=O)cc(OC)c21. The second-order valence-electron chi connectivity index (χ2n) is 25.1. The van der Waals surface area contributed by atoms with E-state index in [1.807, 2.05) is 11.8 Å². The number of hydrogen-bond donors (Lipinski definition) is 6. The van der Waals surface area contributed by atoms with E-state index in [-0.39, 0.29) is 100 Å². The average molecular weight is 1620 g/mol. The molecule has 0 radical (unpaired) electrons. The topological polar surface area (TPSA) is 451 Å². The zero-order chi connectivity index (χ0) is 81.8. The van der Waals surface area contributed by atoms with Gasteiger partial charge in [-0.3, -0.25) is 58.5 Å². The number of aromatic nitrogens is 6. The van der Waals surface area contributed by atoms with Crippen molar-refractivity contribution in [2.45, 2.75) is 84.3 Å². The van der Waals surface area contributed by atoms with E-state index in [1.54, 1.807) is 46.7 Å². The lowest BCUT2D eigenvalue weighted by Gasteiger charge is -2.34. The van der Waals surface area contributed by atoms with Crippen molar-refractivity contribution in [3.63, 3.8) is 0 Å². The van der Waals surface area contributed by atoms with E-state index in [0.29, 0.717) is 208 Å². The molecule has 1 saturated heterocycles. The maximum absolute atomic E-state index is 14.1. The van der Waals surface area contributed by atoms with Gasteiger partial charge >= 0.3 is 16.1 Å². The first kappa shape index (κ1) is 90.8. The summed E-state index contributed by atoms with van der Waals surface area (Å²) < 4.78 is 163. The number of rotatable bonds is 55. The van der Waals surface area contributed by atoms with Crippen molar-refractivity contribution >= 4 is 85.3 Å². The fraction of sp³-hybridized carbons (Fsp3) is 0.556. The van der Waals surface area contributed by atoms with E-state index in [2.05, 4.69) is 30.4 Å². The van der Waals surface area contributed by atoms with Crippen molar-refractivity contribution in [1.29, 1.82) is 0 Å². The van der Waals surface area contributed by atoms with Crippen LogP contribution in [-0.4, -0.2) is 278 Å². The lowest BCUT2D eigenvalue weighted by atomic mass is 10.1. The summed E-state index contributed by atoms with van der Waals surface area (Å²) in [4.78, 5) is 93.7. The van der Waals surface area contributed by atoms with Gasteiger partial charge in [0.1, 0.15) is 33.9 Å². The maximum Gasteiger partial charge on any atom is 0.313 e. The van der Waals surface area contributed by atoms with Crippen LogP contribution >= 0.6 is 0 Å². The number of primary amides is 2. The molecule has 6 aromatic rings. The Kier molecular flexibility index (Phi) is 38.1. The Morgan fingerprint density at radius 2 is 1.02 bits per heavy atom. The van der Waals surface area contributed by atoms with Gasteiger partial charge in [0.05, 0.1) is 175 Å². The molecule has 1 aliphatic heterocycles. The Morgan fingerprint density at radius 3 is 1.45 bits per heavy atom. The molecule has 4 heterocycles. The smallest absolute Gasteiger partial charge is 0.313 e. The number of ether oxygens (including phenoxy) is 13. The third kappa shape index (κ3) is 28.6. The minimum absolute atomic E-state index is 0.00427. The molecule has 0 unspecified atom stereocenters. The predicted molar refractivity (Wildman–Crippen MR) is 400 cm³/mol. The van der Waals surface area contributed by atoms with Gasteiger partial charge in [0.15, 0.2) is 16.5 Å². The highest BCUT2D eigenvalue weighted by atomic mass is 32.2. The van der Waals surface area contributed by atoms with Gasteiger partial charge in [-0.25, -0.2) is 18.7 Å². The zero-order valence-electron chi connectivity index (χ0n) is 63.9. The first-order chi connectivity index (χ1) is 54.3. The number of fused-ring (bicyclic) bond motifs is 2. The van der Waals surface area contributed by atoms with Gasteiger partial charge in [-0.05, 0) is 83.4 Å². The first-order valence-electron chi connectivity index (χ1n) is 36.7. The van der Waals surface area contributed by atoms with Crippen LogP contribution in [0.5, 0.6) is 17.2 Å². The van der Waals surface area contributed by atoms with Crippen LogP contribution < -0.4 is 42.0 Å². The number of nitrogens with two attached hydrogens (primary N) is 3. The number of benzene rings is 3. The molecule has 0 saturated carbocycles. The van der Waals surface area contributed by atoms with Crippen molar-refractivity contribution in [1.82, 2.24) is 38.7 Å². The Morgan fingerprint density at radius 1 is 0.575 bits per heavy atom. The summed E-state index contributed by atoms with van der Waals surface area (Å²) in [6.45, 7) is 17.1. The van der Waals surface area contributed by atoms with Crippen LogP contribution in [0.15, 0.2) is 52.0 Å². The van der Waals surface area contributed by atoms with Gasteiger partial charge in [-0.15, -0.1) is 0 Å². The van der Waals surface area contributed by atoms with E-state index in [0.717, 1.165) is 0 Å². The summed E-state index contributed by atoms with van der Waals surface area (Å²) in [5.74, 6) is -14.2. The van der Waals surface area contributed by atoms with Crippen molar-refractivity contribution in [3.8, 4) is 17.2 Å². The quantitative estimate of drug-likeness (QED) is 0.00587. The minimum atomic E-state index is -5.66. The summed E-state index contributed by atoms with van der Waals surface area (Å²) in [7, 11) is -4.21. The molecule has 5 amide bonds. The maximum atomic E-state index is 14.1.